The average molecular weight is 379 g/mol. The number of rotatable bonds is 6. The predicted octanol–water partition coefficient (Wildman–Crippen LogP) is 3.24. The van der Waals surface area contributed by atoms with Gasteiger partial charge in [0.25, 0.3) is 5.91 Å². The van der Waals surface area contributed by atoms with Crippen molar-refractivity contribution in [2.24, 2.45) is 0 Å². The van der Waals surface area contributed by atoms with E-state index in [2.05, 4.69) is 31.9 Å². The van der Waals surface area contributed by atoms with Gasteiger partial charge in [-0.15, -0.1) is 0 Å². The Morgan fingerprint density at radius 3 is 2.67 bits per heavy atom. The largest absolute Gasteiger partial charge is 0.383 e. The van der Waals surface area contributed by atoms with Crippen LogP contribution >= 0.6 is 31.9 Å². The molecule has 1 aromatic carbocycles. The molecule has 1 amide bonds. The highest BCUT2D eigenvalue weighted by Crippen LogP contribution is 2.18. The van der Waals surface area contributed by atoms with E-state index in [-0.39, 0.29) is 5.91 Å². The lowest BCUT2D eigenvalue weighted by Crippen LogP contribution is -2.35. The number of aryl methyl sites for hydroxylation is 1. The van der Waals surface area contributed by atoms with E-state index in [1.807, 2.05) is 25.1 Å². The maximum atomic E-state index is 12.3. The van der Waals surface area contributed by atoms with Crippen molar-refractivity contribution >= 4 is 37.8 Å². The molecule has 0 unspecified atom stereocenters. The van der Waals surface area contributed by atoms with E-state index in [1.54, 1.807) is 12.0 Å². The summed E-state index contributed by atoms with van der Waals surface area (Å²) in [7, 11) is 1.64. The fraction of sp³-hybridized carbons (Fsp3) is 0.462. The molecule has 0 bridgehead atoms. The van der Waals surface area contributed by atoms with Crippen LogP contribution in [0.5, 0.6) is 0 Å². The van der Waals surface area contributed by atoms with Crippen LogP contribution in [-0.4, -0.2) is 42.9 Å². The normalized spacial score (nSPS) is 10.4. The fourth-order valence-electron chi connectivity index (χ4n) is 1.53. The van der Waals surface area contributed by atoms with Crippen molar-refractivity contribution in [3.63, 3.8) is 0 Å². The van der Waals surface area contributed by atoms with E-state index in [4.69, 9.17) is 4.74 Å². The Labute approximate surface area is 125 Å². The lowest BCUT2D eigenvalue weighted by atomic mass is 10.1. The van der Waals surface area contributed by atoms with Gasteiger partial charge in [0, 0.05) is 35.6 Å². The molecular formula is C13H17Br2NO2. The van der Waals surface area contributed by atoms with Crippen LogP contribution in [0.25, 0.3) is 0 Å². The van der Waals surface area contributed by atoms with Crippen LogP contribution in [0.2, 0.25) is 0 Å². The number of benzene rings is 1. The molecule has 0 aromatic heterocycles. The van der Waals surface area contributed by atoms with Crippen LogP contribution in [0.4, 0.5) is 0 Å². The zero-order chi connectivity index (χ0) is 13.5. The van der Waals surface area contributed by atoms with Gasteiger partial charge in [-0.3, -0.25) is 4.79 Å². The monoisotopic (exact) mass is 377 g/mol. The highest BCUT2D eigenvalue weighted by molar-refractivity contribution is 9.10. The second-order valence-electron chi connectivity index (χ2n) is 3.94. The van der Waals surface area contributed by atoms with Crippen LogP contribution in [0.15, 0.2) is 22.7 Å². The third-order valence-corrected chi connectivity index (χ3v) is 3.83. The van der Waals surface area contributed by atoms with E-state index >= 15 is 0 Å². The molecule has 0 radical (unpaired) electrons. The van der Waals surface area contributed by atoms with Gasteiger partial charge in [-0.25, -0.2) is 0 Å². The number of nitrogens with zero attached hydrogens (tertiary/aromatic N) is 1. The van der Waals surface area contributed by atoms with Crippen LogP contribution in [0.3, 0.4) is 0 Å². The second kappa shape index (κ2) is 7.92. The Kier molecular flexibility index (Phi) is 6.89. The summed E-state index contributed by atoms with van der Waals surface area (Å²) in [5.74, 6) is 0.0344. The molecule has 0 saturated heterocycles. The Balaban J connectivity index is 2.83. The van der Waals surface area contributed by atoms with Crippen LogP contribution in [-0.2, 0) is 4.74 Å². The molecule has 5 heteroatoms. The summed E-state index contributed by atoms with van der Waals surface area (Å²) in [6.45, 7) is 3.82. The summed E-state index contributed by atoms with van der Waals surface area (Å²) < 4.78 is 5.99. The molecule has 100 valence electrons. The Morgan fingerprint density at radius 1 is 1.39 bits per heavy atom. The first kappa shape index (κ1) is 15.7. The predicted molar refractivity (Wildman–Crippen MR) is 80.5 cm³/mol. The zero-order valence-corrected chi connectivity index (χ0v) is 13.8. The van der Waals surface area contributed by atoms with Gasteiger partial charge in [-0.05, 0) is 24.6 Å². The van der Waals surface area contributed by atoms with Gasteiger partial charge in [0.1, 0.15) is 0 Å². The van der Waals surface area contributed by atoms with E-state index in [9.17, 15) is 4.79 Å². The maximum Gasteiger partial charge on any atom is 0.253 e. The lowest BCUT2D eigenvalue weighted by Gasteiger charge is -2.21. The average Bonchev–Trinajstić information content (AvgIpc) is 2.37. The number of methoxy groups -OCH3 is 1. The number of hydrogen-bond acceptors (Lipinski definition) is 2. The molecule has 0 aliphatic rings. The Bertz CT molecular complexity index is 410. The third kappa shape index (κ3) is 4.37. The first-order valence-corrected chi connectivity index (χ1v) is 7.62. The molecule has 0 spiro atoms. The Morgan fingerprint density at radius 2 is 2.11 bits per heavy atom. The molecule has 0 aliphatic heterocycles. The first-order chi connectivity index (χ1) is 8.60. The number of ether oxygens (including phenoxy) is 1. The van der Waals surface area contributed by atoms with Gasteiger partial charge in [-0.1, -0.05) is 37.9 Å². The van der Waals surface area contributed by atoms with Gasteiger partial charge in [0.05, 0.1) is 6.61 Å². The minimum Gasteiger partial charge on any atom is -0.383 e. The van der Waals surface area contributed by atoms with E-state index in [0.29, 0.717) is 25.3 Å². The SMILES string of the molecule is COCCN(CCBr)C(=O)c1ccc(C)c(Br)c1. The van der Waals surface area contributed by atoms with E-state index in [0.717, 1.165) is 15.4 Å². The maximum absolute atomic E-state index is 12.3. The van der Waals surface area contributed by atoms with Gasteiger partial charge in [0.15, 0.2) is 0 Å². The van der Waals surface area contributed by atoms with E-state index < -0.39 is 0 Å². The molecule has 3 nitrogen and oxygen atoms in total. The molecular weight excluding hydrogens is 362 g/mol. The minimum absolute atomic E-state index is 0.0344. The summed E-state index contributed by atoms with van der Waals surface area (Å²) in [6.07, 6.45) is 0. The van der Waals surface area contributed by atoms with Crippen LogP contribution in [0.1, 0.15) is 15.9 Å². The quantitative estimate of drug-likeness (QED) is 0.711. The van der Waals surface area contributed by atoms with Gasteiger partial charge in [-0.2, -0.15) is 0 Å². The van der Waals surface area contributed by atoms with Gasteiger partial charge in [0.2, 0.25) is 0 Å². The van der Waals surface area contributed by atoms with Crippen molar-refractivity contribution in [1.29, 1.82) is 0 Å². The standard InChI is InChI=1S/C13H17Br2NO2/c1-10-3-4-11(9-12(10)15)13(17)16(6-5-14)7-8-18-2/h3-4,9H,5-8H2,1-2H3. The van der Waals surface area contributed by atoms with Crippen molar-refractivity contribution in [2.45, 2.75) is 6.92 Å². The molecule has 0 heterocycles. The molecule has 0 N–H and O–H groups in total. The van der Waals surface area contributed by atoms with Crippen molar-refractivity contribution in [3.05, 3.63) is 33.8 Å². The molecule has 0 atom stereocenters. The van der Waals surface area contributed by atoms with E-state index in [1.165, 1.54) is 0 Å². The molecule has 0 saturated carbocycles. The molecule has 0 aliphatic carbocycles. The summed E-state index contributed by atoms with van der Waals surface area (Å²) in [5.41, 5.74) is 1.82. The number of carbonyl (C=O) groups excluding carboxylic acids is 1. The number of hydrogen-bond donors (Lipinski definition) is 0. The molecule has 1 rings (SSSR count). The van der Waals surface area contributed by atoms with Crippen molar-refractivity contribution in [2.75, 3.05) is 32.1 Å². The van der Waals surface area contributed by atoms with Gasteiger partial charge >= 0.3 is 0 Å². The molecule has 0 fully saturated rings. The minimum atomic E-state index is 0.0344. The van der Waals surface area contributed by atoms with Gasteiger partial charge < -0.3 is 9.64 Å². The van der Waals surface area contributed by atoms with Crippen molar-refractivity contribution < 1.29 is 9.53 Å². The number of halogens is 2. The smallest absolute Gasteiger partial charge is 0.253 e. The zero-order valence-electron chi connectivity index (χ0n) is 10.6. The second-order valence-corrected chi connectivity index (χ2v) is 5.59. The number of amides is 1. The number of alkyl halides is 1. The van der Waals surface area contributed by atoms with Crippen molar-refractivity contribution in [1.82, 2.24) is 4.90 Å². The summed E-state index contributed by atoms with van der Waals surface area (Å²) >= 11 is 6.82. The van der Waals surface area contributed by atoms with Crippen molar-refractivity contribution in [3.8, 4) is 0 Å². The highest BCUT2D eigenvalue weighted by atomic mass is 79.9. The summed E-state index contributed by atoms with van der Waals surface area (Å²) in [5, 5.41) is 0.759. The summed E-state index contributed by atoms with van der Waals surface area (Å²) in [6, 6.07) is 5.67. The molecule has 18 heavy (non-hydrogen) atoms. The first-order valence-electron chi connectivity index (χ1n) is 5.70. The summed E-state index contributed by atoms with van der Waals surface area (Å²) in [4.78, 5) is 14.1. The van der Waals surface area contributed by atoms with Crippen LogP contribution in [0, 0.1) is 6.92 Å². The lowest BCUT2D eigenvalue weighted by molar-refractivity contribution is 0.0709. The topological polar surface area (TPSA) is 29.5 Å². The number of carbonyl (C=O) groups is 1. The molecule has 1 aromatic rings. The highest BCUT2D eigenvalue weighted by Gasteiger charge is 2.15. The van der Waals surface area contributed by atoms with Crippen LogP contribution < -0.4 is 0 Å². The fourth-order valence-corrected chi connectivity index (χ4v) is 2.33. The Hall–Kier alpha value is -0.390. The third-order valence-electron chi connectivity index (χ3n) is 2.63.